The number of carboxylic acid groups (broad SMARTS) is 1. The van der Waals surface area contributed by atoms with Gasteiger partial charge >= 0.3 is 5.97 Å². The number of carboxylic acids is 1. The number of benzene rings is 1. The number of primary amides is 1. The Hall–Kier alpha value is -6.97. The first kappa shape index (κ1) is 65.1. The first-order valence-corrected chi connectivity index (χ1v) is 25.6. The molecule has 2 rings (SSSR count). The summed E-state index contributed by atoms with van der Waals surface area (Å²) >= 11 is 0. The maximum atomic E-state index is 14.4. The molecule has 9 atom stereocenters. The normalized spacial score (nSPS) is 16.3. The largest absolute Gasteiger partial charge is 0.480 e. The molecule has 20 N–H and O–H groups in total. The summed E-state index contributed by atoms with van der Waals surface area (Å²) in [6.07, 6.45) is 0.569. The molecule has 0 unspecified atom stereocenters. The van der Waals surface area contributed by atoms with Crippen LogP contribution in [0.25, 0.3) is 0 Å². The summed E-state index contributed by atoms with van der Waals surface area (Å²) in [5.74, 6) is -9.63. The van der Waals surface area contributed by atoms with E-state index in [1.54, 1.807) is 58.0 Å². The number of hydrogen-bond acceptors (Lipinski definition) is 15. The number of nitrogens with one attached hydrogen (secondary N) is 7. The van der Waals surface area contributed by atoms with E-state index in [0.717, 1.165) is 0 Å². The number of aliphatic imine (C=N–C) groups is 1. The van der Waals surface area contributed by atoms with E-state index < -0.39 is 133 Å². The van der Waals surface area contributed by atoms with E-state index in [9.17, 15) is 63.3 Å². The second kappa shape index (κ2) is 33.8. The summed E-state index contributed by atoms with van der Waals surface area (Å²) < 4.78 is 0. The van der Waals surface area contributed by atoms with Crippen molar-refractivity contribution in [2.24, 2.45) is 45.5 Å². The molecule has 0 aromatic heterocycles. The van der Waals surface area contributed by atoms with Crippen molar-refractivity contribution in [3.63, 3.8) is 0 Å². The Balaban J connectivity index is 2.48. The van der Waals surface area contributed by atoms with E-state index in [4.69, 9.17) is 28.7 Å². The van der Waals surface area contributed by atoms with Crippen LogP contribution in [0.3, 0.4) is 0 Å². The fraction of sp³-hybridized carbons (Fsp3) is 0.653. The number of aliphatic hydroxyl groups excluding tert-OH is 2. The van der Waals surface area contributed by atoms with Crippen molar-refractivity contribution >= 4 is 65.1 Å². The molecular weight excluding hydrogens is 993 g/mol. The van der Waals surface area contributed by atoms with Gasteiger partial charge in [-0.25, -0.2) is 4.79 Å². The molecule has 0 aliphatic carbocycles. The molecule has 9 amide bonds. The lowest BCUT2D eigenvalue weighted by atomic mass is 10.0. The van der Waals surface area contributed by atoms with Gasteiger partial charge in [0.05, 0.1) is 13.2 Å². The summed E-state index contributed by atoms with van der Waals surface area (Å²) in [7, 11) is 0. The third kappa shape index (κ3) is 23.3. The van der Waals surface area contributed by atoms with Crippen LogP contribution in [0.2, 0.25) is 0 Å². The summed E-state index contributed by atoms with van der Waals surface area (Å²) in [6, 6.07) is -3.60. The highest BCUT2D eigenvalue weighted by Gasteiger charge is 2.39. The van der Waals surface area contributed by atoms with Crippen molar-refractivity contribution < 1.29 is 63.3 Å². The standard InChI is InChI=1S/C49H82N14O13/c1-27(2)22-34(43(70)62-37(26-65)45(72)61-36(48(75)76)23-28(3)4)59-42(69)33(17-18-39(52)66)58-41(68)32(15-10-20-55-49(53)54)56-40(67)31(14-8-9-19-50)57-44(71)35(24-29-12-6-5-7-13-29)60-46(73)38-16-11-21-63(38)47(74)30(51)25-64/h5-7,12-13,27-28,30-38,64-65H,8-11,14-26,50-51H2,1-4H3,(H2,52,66)(H,56,67)(H,57,71)(H,58,68)(H,59,69)(H,60,73)(H,61,72)(H,62,70)(H,75,76)(H4,53,54,55)/t30-,31-,32-,33-,34-,35-,36-,37-,38-/m0/s1. The van der Waals surface area contributed by atoms with E-state index in [1.807, 2.05) is 0 Å². The maximum absolute atomic E-state index is 14.4. The Kier molecular flexibility index (Phi) is 29.0. The first-order chi connectivity index (χ1) is 35.9. The quantitative estimate of drug-likeness (QED) is 0.0173. The van der Waals surface area contributed by atoms with Gasteiger partial charge in [0.2, 0.25) is 53.2 Å². The third-order valence-electron chi connectivity index (χ3n) is 12.2. The van der Waals surface area contributed by atoms with E-state index in [-0.39, 0.29) is 88.8 Å². The number of aliphatic carboxylic acids is 1. The van der Waals surface area contributed by atoms with E-state index in [0.29, 0.717) is 24.8 Å². The van der Waals surface area contributed by atoms with Gasteiger partial charge in [-0.2, -0.15) is 0 Å². The average Bonchev–Trinajstić information content (AvgIpc) is 3.86. The maximum Gasteiger partial charge on any atom is 0.326 e. The van der Waals surface area contributed by atoms with Crippen LogP contribution in [0.4, 0.5) is 0 Å². The second-order valence-electron chi connectivity index (χ2n) is 19.6. The number of rotatable bonds is 35. The number of nitrogens with zero attached hydrogens (tertiary/aromatic N) is 2. The Morgan fingerprint density at radius 2 is 1.12 bits per heavy atom. The molecule has 0 spiro atoms. The van der Waals surface area contributed by atoms with Crippen LogP contribution in [-0.2, 0) is 54.4 Å². The zero-order valence-electron chi connectivity index (χ0n) is 44.0. The molecule has 1 aromatic rings. The molecule has 1 heterocycles. The van der Waals surface area contributed by atoms with Crippen LogP contribution < -0.4 is 65.9 Å². The van der Waals surface area contributed by atoms with E-state index in [1.165, 1.54) is 4.90 Å². The van der Waals surface area contributed by atoms with Crippen LogP contribution in [0.15, 0.2) is 35.3 Å². The molecule has 1 saturated heterocycles. The molecule has 0 saturated carbocycles. The molecule has 1 fully saturated rings. The van der Waals surface area contributed by atoms with E-state index in [2.05, 4.69) is 42.2 Å². The fourth-order valence-electron chi connectivity index (χ4n) is 8.23. The molecule has 1 aliphatic heterocycles. The van der Waals surface area contributed by atoms with Crippen LogP contribution in [0.5, 0.6) is 0 Å². The summed E-state index contributed by atoms with van der Waals surface area (Å²) in [5, 5.41) is 47.0. The van der Waals surface area contributed by atoms with Gasteiger partial charge in [0, 0.05) is 25.9 Å². The van der Waals surface area contributed by atoms with Gasteiger partial charge in [0.15, 0.2) is 5.96 Å². The van der Waals surface area contributed by atoms with Crippen molar-refractivity contribution in [3.05, 3.63) is 35.9 Å². The third-order valence-corrected chi connectivity index (χ3v) is 12.2. The van der Waals surface area contributed by atoms with Gasteiger partial charge < -0.3 is 86.1 Å². The van der Waals surface area contributed by atoms with Crippen LogP contribution in [0, 0.1) is 11.8 Å². The van der Waals surface area contributed by atoms with Crippen LogP contribution in [0.1, 0.15) is 104 Å². The van der Waals surface area contributed by atoms with Crippen molar-refractivity contribution in [2.75, 3.05) is 32.8 Å². The summed E-state index contributed by atoms with van der Waals surface area (Å²) in [4.78, 5) is 140. The Bertz CT molecular complexity index is 2130. The van der Waals surface area contributed by atoms with Gasteiger partial charge in [0.1, 0.15) is 54.4 Å². The van der Waals surface area contributed by atoms with Gasteiger partial charge in [-0.15, -0.1) is 0 Å². The molecule has 1 aliphatic rings. The molecule has 0 radical (unpaired) electrons. The zero-order chi connectivity index (χ0) is 57.1. The van der Waals surface area contributed by atoms with Crippen molar-refractivity contribution in [1.82, 2.24) is 42.1 Å². The minimum absolute atomic E-state index is 0.00536. The van der Waals surface area contributed by atoms with Crippen molar-refractivity contribution in [3.8, 4) is 0 Å². The van der Waals surface area contributed by atoms with Gasteiger partial charge in [-0.05, 0) is 88.2 Å². The molecular formula is C49H82N14O13. The number of carbonyl (C=O) groups excluding carboxylic acids is 9. The molecule has 0 bridgehead atoms. The van der Waals surface area contributed by atoms with Crippen LogP contribution in [-0.4, -0.2) is 173 Å². The summed E-state index contributed by atoms with van der Waals surface area (Å²) in [6.45, 7) is 5.79. The fourth-order valence-corrected chi connectivity index (χ4v) is 8.23. The Labute approximate surface area is 442 Å². The van der Waals surface area contributed by atoms with Gasteiger partial charge in [-0.3, -0.25) is 48.1 Å². The van der Waals surface area contributed by atoms with Gasteiger partial charge in [-0.1, -0.05) is 58.0 Å². The Morgan fingerprint density at radius 3 is 1.63 bits per heavy atom. The lowest BCUT2D eigenvalue weighted by Crippen LogP contribution is -2.61. The minimum Gasteiger partial charge on any atom is -0.480 e. The number of likely N-dealkylation sites (tertiary alicyclic amines) is 1. The number of amides is 9. The second-order valence-corrected chi connectivity index (χ2v) is 19.6. The monoisotopic (exact) mass is 1070 g/mol. The number of guanidine groups is 1. The minimum atomic E-state index is -1.63. The average molecular weight is 1080 g/mol. The van der Waals surface area contributed by atoms with Gasteiger partial charge in [0.25, 0.3) is 0 Å². The number of carbonyl (C=O) groups is 10. The molecule has 426 valence electrons. The highest BCUT2D eigenvalue weighted by molar-refractivity contribution is 5.98. The lowest BCUT2D eigenvalue weighted by Gasteiger charge is -2.29. The van der Waals surface area contributed by atoms with E-state index >= 15 is 0 Å². The SMILES string of the molecule is CC(C)C[C@H](NC(=O)[C@H](CO)NC(=O)[C@H](CC(C)C)NC(=O)[C@H](CCC(N)=O)NC(=O)[C@H](CCCN=C(N)N)NC(=O)[C@H](CCCCN)NC(=O)[C@H](Cc1ccccc1)NC(=O)[C@@H]1CCCN1C(=O)[C@@H](N)CO)C(=O)O. The number of hydrogen-bond donors (Lipinski definition) is 15. The van der Waals surface area contributed by atoms with Crippen molar-refractivity contribution in [2.45, 2.75) is 159 Å². The number of unbranched alkanes of at least 4 members (excludes halogenated alkanes) is 1. The Morgan fingerprint density at radius 1 is 0.632 bits per heavy atom. The van der Waals surface area contributed by atoms with Crippen LogP contribution >= 0.6 is 0 Å². The highest BCUT2D eigenvalue weighted by atomic mass is 16.4. The molecule has 27 nitrogen and oxygen atoms in total. The zero-order valence-corrected chi connectivity index (χ0v) is 44.0. The lowest BCUT2D eigenvalue weighted by molar-refractivity contribution is -0.143. The van der Waals surface area contributed by atoms with Crippen molar-refractivity contribution in [1.29, 1.82) is 0 Å². The predicted octanol–water partition coefficient (Wildman–Crippen LogP) is -4.45. The number of aliphatic hydroxyl groups is 2. The molecule has 27 heteroatoms. The molecule has 76 heavy (non-hydrogen) atoms. The topological polar surface area (TPSA) is 461 Å². The highest BCUT2D eigenvalue weighted by Crippen LogP contribution is 2.19. The summed E-state index contributed by atoms with van der Waals surface area (Å²) in [5.41, 5.74) is 28.7. The smallest absolute Gasteiger partial charge is 0.326 e. The predicted molar refractivity (Wildman–Crippen MR) is 278 cm³/mol. The molecule has 1 aromatic carbocycles. The number of nitrogens with two attached hydrogens (primary N) is 5. The first-order valence-electron chi connectivity index (χ1n) is 25.6.